The van der Waals surface area contributed by atoms with Crippen molar-refractivity contribution < 1.29 is 9.59 Å². The number of benzene rings is 3. The fourth-order valence-corrected chi connectivity index (χ4v) is 6.58. The third kappa shape index (κ3) is 8.69. The first kappa shape index (κ1) is 31.2. The van der Waals surface area contributed by atoms with Gasteiger partial charge in [0, 0.05) is 50.7 Å². The number of amides is 2. The second-order valence-corrected chi connectivity index (χ2v) is 12.4. The molecule has 1 fully saturated rings. The lowest BCUT2D eigenvalue weighted by atomic mass is 9.89. The third-order valence-electron chi connectivity index (χ3n) is 8.83. The molecule has 228 valence electrons. The van der Waals surface area contributed by atoms with E-state index in [4.69, 9.17) is 11.6 Å². The van der Waals surface area contributed by atoms with E-state index in [0.717, 1.165) is 69.7 Å². The molecule has 0 aliphatic carbocycles. The molecule has 0 aromatic heterocycles. The van der Waals surface area contributed by atoms with E-state index >= 15 is 0 Å². The molecule has 0 atom stereocenters. The maximum atomic E-state index is 14.0. The van der Waals surface area contributed by atoms with Crippen molar-refractivity contribution in [3.8, 4) is 0 Å². The van der Waals surface area contributed by atoms with Crippen molar-refractivity contribution in [3.63, 3.8) is 0 Å². The molecule has 2 amide bonds. The molecule has 0 N–H and O–H groups in total. The molecule has 1 saturated heterocycles. The molecule has 6 nitrogen and oxygen atoms in total. The minimum atomic E-state index is 0.110. The summed E-state index contributed by atoms with van der Waals surface area (Å²) in [6.45, 7) is 8.46. The highest BCUT2D eigenvalue weighted by Gasteiger charge is 2.27. The molecule has 0 saturated carbocycles. The van der Waals surface area contributed by atoms with Gasteiger partial charge in [0.05, 0.1) is 12.2 Å². The number of hydrogen-bond donors (Lipinski definition) is 0. The number of fused-ring (bicyclic) bond motifs is 1. The Morgan fingerprint density at radius 2 is 1.51 bits per heavy atom. The van der Waals surface area contributed by atoms with Gasteiger partial charge in [0.25, 0.3) is 0 Å². The smallest absolute Gasteiger partial charge is 0.237 e. The van der Waals surface area contributed by atoms with Crippen LogP contribution in [-0.4, -0.2) is 72.3 Å². The Morgan fingerprint density at radius 3 is 2.23 bits per heavy atom. The van der Waals surface area contributed by atoms with Gasteiger partial charge in [-0.25, -0.2) is 0 Å². The van der Waals surface area contributed by atoms with Gasteiger partial charge in [-0.2, -0.15) is 0 Å². The summed E-state index contributed by atoms with van der Waals surface area (Å²) >= 11 is 6.49. The van der Waals surface area contributed by atoms with Crippen LogP contribution >= 0.6 is 11.6 Å². The van der Waals surface area contributed by atoms with Crippen LogP contribution in [0.25, 0.3) is 0 Å². The monoisotopic (exact) mass is 600 g/mol. The quantitative estimate of drug-likeness (QED) is 0.307. The van der Waals surface area contributed by atoms with Crippen LogP contribution in [0.4, 0.5) is 5.69 Å². The summed E-state index contributed by atoms with van der Waals surface area (Å²) in [5.74, 6) is 0.809. The molecule has 3 aromatic carbocycles. The number of carbonyl (C=O) groups excluding carboxylic acids is 2. The van der Waals surface area contributed by atoms with Crippen molar-refractivity contribution in [2.45, 2.75) is 58.0 Å². The number of rotatable bonds is 7. The highest BCUT2D eigenvalue weighted by atomic mass is 35.5. The van der Waals surface area contributed by atoms with Crippen molar-refractivity contribution in [2.24, 2.45) is 0 Å². The zero-order valence-corrected chi connectivity index (χ0v) is 26.2. The number of anilines is 1. The molecule has 2 aliphatic heterocycles. The van der Waals surface area contributed by atoms with Gasteiger partial charge in [0.2, 0.25) is 11.8 Å². The van der Waals surface area contributed by atoms with Gasteiger partial charge < -0.3 is 9.80 Å². The summed E-state index contributed by atoms with van der Waals surface area (Å²) in [5.41, 5.74) is 4.47. The van der Waals surface area contributed by atoms with Crippen LogP contribution in [0.5, 0.6) is 0 Å². The largest absolute Gasteiger partial charge is 0.336 e. The van der Waals surface area contributed by atoms with Crippen molar-refractivity contribution >= 4 is 29.1 Å². The zero-order chi connectivity index (χ0) is 30.0. The van der Waals surface area contributed by atoms with Crippen LogP contribution in [-0.2, 0) is 22.7 Å². The maximum Gasteiger partial charge on any atom is 0.237 e. The first-order chi connectivity index (χ1) is 21.0. The summed E-state index contributed by atoms with van der Waals surface area (Å²) in [6, 6.07) is 27.0. The number of carbonyl (C=O) groups is 2. The SMILES string of the molecule is CCCC(=O)N1CCCN(Cc2ccccc2)CCN(C(=O)CN2CCC(c3ccccc3)CC2)Cc2ccc(Cl)cc21. The Morgan fingerprint density at radius 1 is 0.791 bits per heavy atom. The van der Waals surface area contributed by atoms with Gasteiger partial charge in [0.1, 0.15) is 0 Å². The summed E-state index contributed by atoms with van der Waals surface area (Å²) in [7, 11) is 0. The number of likely N-dealkylation sites (tertiary alicyclic amines) is 1. The van der Waals surface area contributed by atoms with Gasteiger partial charge in [-0.15, -0.1) is 0 Å². The van der Waals surface area contributed by atoms with Crippen molar-refractivity contribution in [1.29, 1.82) is 0 Å². The average molecular weight is 601 g/mol. The minimum Gasteiger partial charge on any atom is -0.336 e. The predicted molar refractivity (Wildman–Crippen MR) is 175 cm³/mol. The van der Waals surface area contributed by atoms with Crippen LogP contribution in [0.1, 0.15) is 61.6 Å². The lowest BCUT2D eigenvalue weighted by molar-refractivity contribution is -0.133. The van der Waals surface area contributed by atoms with Crippen LogP contribution in [0.3, 0.4) is 0 Å². The number of nitrogens with zero attached hydrogens (tertiary/aromatic N) is 4. The molecule has 2 aliphatic rings. The van der Waals surface area contributed by atoms with E-state index in [-0.39, 0.29) is 11.8 Å². The van der Waals surface area contributed by atoms with Gasteiger partial charge in [-0.1, -0.05) is 85.3 Å². The normalized spacial score (nSPS) is 17.7. The Hall–Kier alpha value is -3.19. The predicted octanol–water partition coefficient (Wildman–Crippen LogP) is 6.59. The van der Waals surface area contributed by atoms with E-state index in [1.165, 1.54) is 11.1 Å². The molecule has 2 heterocycles. The molecule has 3 aromatic rings. The Bertz CT molecular complexity index is 1330. The molecular weight excluding hydrogens is 556 g/mol. The molecule has 0 bridgehead atoms. The van der Waals surface area contributed by atoms with Crippen LogP contribution in [0, 0.1) is 0 Å². The Labute approximate surface area is 262 Å². The summed E-state index contributed by atoms with van der Waals surface area (Å²) in [5, 5.41) is 0.604. The molecule has 0 radical (unpaired) electrons. The topological polar surface area (TPSA) is 47.1 Å². The van der Waals surface area contributed by atoms with E-state index in [1.54, 1.807) is 0 Å². The first-order valence-corrected chi connectivity index (χ1v) is 16.3. The highest BCUT2D eigenvalue weighted by molar-refractivity contribution is 6.31. The van der Waals surface area contributed by atoms with E-state index in [0.29, 0.717) is 43.5 Å². The van der Waals surface area contributed by atoms with E-state index in [2.05, 4.69) is 64.4 Å². The molecule has 0 unspecified atom stereocenters. The lowest BCUT2D eigenvalue weighted by Crippen LogP contribution is -2.45. The van der Waals surface area contributed by atoms with Crippen molar-refractivity contribution in [2.75, 3.05) is 50.7 Å². The number of halogens is 1. The lowest BCUT2D eigenvalue weighted by Gasteiger charge is -2.34. The van der Waals surface area contributed by atoms with Gasteiger partial charge >= 0.3 is 0 Å². The van der Waals surface area contributed by atoms with Gasteiger partial charge in [0.15, 0.2) is 0 Å². The van der Waals surface area contributed by atoms with Gasteiger partial charge in [-0.05, 0) is 73.5 Å². The second-order valence-electron chi connectivity index (χ2n) is 12.0. The molecule has 7 heteroatoms. The molecule has 5 rings (SSSR count). The van der Waals surface area contributed by atoms with Crippen LogP contribution in [0.2, 0.25) is 5.02 Å². The Balaban J connectivity index is 1.35. The van der Waals surface area contributed by atoms with Crippen molar-refractivity contribution in [3.05, 3.63) is 101 Å². The van der Waals surface area contributed by atoms with Crippen LogP contribution in [0.15, 0.2) is 78.9 Å². The van der Waals surface area contributed by atoms with Crippen LogP contribution < -0.4 is 4.90 Å². The summed E-state index contributed by atoms with van der Waals surface area (Å²) in [4.78, 5) is 36.0. The fraction of sp³-hybridized carbons (Fsp3) is 0.444. The molecule has 43 heavy (non-hydrogen) atoms. The average Bonchev–Trinajstić information content (AvgIpc) is 3.06. The van der Waals surface area contributed by atoms with Crippen molar-refractivity contribution in [1.82, 2.24) is 14.7 Å². The zero-order valence-electron chi connectivity index (χ0n) is 25.5. The molecular formula is C36H45ClN4O2. The first-order valence-electron chi connectivity index (χ1n) is 15.9. The summed E-state index contributed by atoms with van der Waals surface area (Å²) < 4.78 is 0. The third-order valence-corrected chi connectivity index (χ3v) is 9.06. The van der Waals surface area contributed by atoms with E-state index in [1.807, 2.05) is 41.0 Å². The standard InChI is InChI=1S/C36H45ClN4O2/c1-2-10-35(42)41-20-9-19-38(26-29-11-5-3-6-12-29)23-24-40(27-32-15-16-33(37)25-34(32)41)36(43)28-39-21-17-31(18-22-39)30-13-7-4-8-14-30/h3-8,11-16,25,31H,2,9-10,17-24,26-28H2,1H3. The van der Waals surface area contributed by atoms with E-state index < -0.39 is 0 Å². The minimum absolute atomic E-state index is 0.110. The fourth-order valence-electron chi connectivity index (χ4n) is 6.41. The highest BCUT2D eigenvalue weighted by Crippen LogP contribution is 2.30. The molecule has 0 spiro atoms. The second kappa shape index (κ2) is 15.5. The number of hydrogen-bond acceptors (Lipinski definition) is 4. The van der Waals surface area contributed by atoms with E-state index in [9.17, 15) is 9.59 Å². The Kier molecular flexibility index (Phi) is 11.3. The summed E-state index contributed by atoms with van der Waals surface area (Å²) in [6.07, 6.45) is 4.26. The van der Waals surface area contributed by atoms with Gasteiger partial charge in [-0.3, -0.25) is 19.4 Å². The maximum absolute atomic E-state index is 14.0. The number of piperidine rings is 1.